The maximum Gasteiger partial charge on any atom is 0.191 e. The van der Waals surface area contributed by atoms with Gasteiger partial charge in [-0.2, -0.15) is 0 Å². The summed E-state index contributed by atoms with van der Waals surface area (Å²) < 4.78 is 5.71. The number of ether oxygens (including phenoxy) is 1. The van der Waals surface area contributed by atoms with Crippen LogP contribution in [0.1, 0.15) is 36.8 Å². The molecule has 7 heteroatoms. The summed E-state index contributed by atoms with van der Waals surface area (Å²) in [6, 6.07) is 14.5. The van der Waals surface area contributed by atoms with Gasteiger partial charge in [0.15, 0.2) is 5.96 Å². The normalized spacial score (nSPS) is 14.6. The average Bonchev–Trinajstić information content (AvgIpc) is 3.06. The number of benzene rings is 1. The van der Waals surface area contributed by atoms with Gasteiger partial charge in [0, 0.05) is 39.4 Å². The Morgan fingerprint density at radius 1 is 1.03 bits per heavy atom. The molecule has 2 heterocycles. The number of nitrogens with zero attached hydrogens (tertiary/aromatic N) is 3. The van der Waals surface area contributed by atoms with E-state index in [2.05, 4.69) is 49.8 Å². The van der Waals surface area contributed by atoms with Crippen LogP contribution < -0.4 is 15.5 Å². The number of anilines is 1. The maximum atomic E-state index is 5.71. The van der Waals surface area contributed by atoms with Crippen LogP contribution >= 0.6 is 24.0 Å². The standard InChI is InChI=1S/C23H33N5O.HI/c1-24-23(26-13-16-29-19-20-9-5-4-6-10-20)27-18-21-11-12-25-22(17-21)28-14-7-2-3-8-15-28;/h4-6,9-12,17H,2-3,7-8,13-16,18-19H2,1H3,(H2,24,26,27);1H. The third kappa shape index (κ3) is 8.47. The van der Waals surface area contributed by atoms with Crippen molar-refractivity contribution in [2.75, 3.05) is 38.2 Å². The number of rotatable bonds is 8. The second-order valence-corrected chi connectivity index (χ2v) is 7.31. The number of aliphatic imine (C=N–C) groups is 1. The topological polar surface area (TPSA) is 61.8 Å². The Balaban J connectivity index is 0.00000320. The second-order valence-electron chi connectivity index (χ2n) is 7.31. The molecule has 2 N–H and O–H groups in total. The molecule has 3 rings (SSSR count). The van der Waals surface area contributed by atoms with E-state index in [1.807, 2.05) is 24.4 Å². The molecule has 0 spiro atoms. The van der Waals surface area contributed by atoms with Crippen molar-refractivity contribution in [3.8, 4) is 0 Å². The van der Waals surface area contributed by atoms with Crippen molar-refractivity contribution in [3.05, 3.63) is 59.8 Å². The van der Waals surface area contributed by atoms with Gasteiger partial charge in [-0.1, -0.05) is 43.2 Å². The van der Waals surface area contributed by atoms with Crippen LogP contribution in [-0.4, -0.2) is 44.2 Å². The summed E-state index contributed by atoms with van der Waals surface area (Å²) in [5, 5.41) is 6.67. The van der Waals surface area contributed by atoms with E-state index >= 15 is 0 Å². The Morgan fingerprint density at radius 2 is 1.80 bits per heavy atom. The van der Waals surface area contributed by atoms with Crippen LogP contribution in [0.5, 0.6) is 0 Å². The molecule has 1 aliphatic rings. The molecular formula is C23H34IN5O. The first-order valence-electron chi connectivity index (χ1n) is 10.6. The van der Waals surface area contributed by atoms with Crippen LogP contribution in [0.2, 0.25) is 0 Å². The van der Waals surface area contributed by atoms with Gasteiger partial charge < -0.3 is 20.3 Å². The Morgan fingerprint density at radius 3 is 2.53 bits per heavy atom. The largest absolute Gasteiger partial charge is 0.375 e. The Hall–Kier alpha value is -1.87. The van der Waals surface area contributed by atoms with Gasteiger partial charge >= 0.3 is 0 Å². The zero-order valence-corrected chi connectivity index (χ0v) is 20.2. The SMILES string of the molecule is CN=C(NCCOCc1ccccc1)NCc1ccnc(N2CCCCCC2)c1.I. The molecule has 0 atom stereocenters. The van der Waals surface area contributed by atoms with Crippen LogP contribution in [0.4, 0.5) is 5.82 Å². The highest BCUT2D eigenvalue weighted by molar-refractivity contribution is 14.0. The van der Waals surface area contributed by atoms with Crippen LogP contribution in [0.3, 0.4) is 0 Å². The molecule has 0 radical (unpaired) electrons. The zero-order chi connectivity index (χ0) is 20.2. The molecule has 0 amide bonds. The number of hydrogen-bond acceptors (Lipinski definition) is 4. The van der Waals surface area contributed by atoms with Gasteiger partial charge in [0.25, 0.3) is 0 Å². The van der Waals surface area contributed by atoms with E-state index in [9.17, 15) is 0 Å². The minimum absolute atomic E-state index is 0. The van der Waals surface area contributed by atoms with Crippen molar-refractivity contribution >= 4 is 35.8 Å². The molecule has 6 nitrogen and oxygen atoms in total. The van der Waals surface area contributed by atoms with Gasteiger partial charge in [-0.3, -0.25) is 4.99 Å². The quantitative estimate of drug-likeness (QED) is 0.238. The van der Waals surface area contributed by atoms with E-state index in [-0.39, 0.29) is 24.0 Å². The van der Waals surface area contributed by atoms with E-state index in [0.29, 0.717) is 26.3 Å². The highest BCUT2D eigenvalue weighted by atomic mass is 127. The Labute approximate surface area is 197 Å². The summed E-state index contributed by atoms with van der Waals surface area (Å²) in [7, 11) is 1.79. The van der Waals surface area contributed by atoms with Crippen LogP contribution in [0, 0.1) is 0 Å². The number of aromatic nitrogens is 1. The molecule has 1 aromatic carbocycles. The third-order valence-corrected chi connectivity index (χ3v) is 5.07. The minimum Gasteiger partial charge on any atom is -0.375 e. The number of hydrogen-bond donors (Lipinski definition) is 2. The lowest BCUT2D eigenvalue weighted by Crippen LogP contribution is -2.38. The van der Waals surface area contributed by atoms with Crippen LogP contribution in [-0.2, 0) is 17.9 Å². The molecule has 0 bridgehead atoms. The Kier molecular flexibility index (Phi) is 11.5. The van der Waals surface area contributed by atoms with E-state index in [1.165, 1.54) is 36.8 Å². The molecule has 0 aliphatic carbocycles. The molecule has 1 aromatic heterocycles. The molecule has 0 saturated carbocycles. The molecular weight excluding hydrogens is 489 g/mol. The lowest BCUT2D eigenvalue weighted by atomic mass is 10.2. The van der Waals surface area contributed by atoms with Gasteiger partial charge in [-0.05, 0) is 36.1 Å². The van der Waals surface area contributed by atoms with E-state index < -0.39 is 0 Å². The van der Waals surface area contributed by atoms with Crippen molar-refractivity contribution in [1.82, 2.24) is 15.6 Å². The fourth-order valence-electron chi connectivity index (χ4n) is 3.46. The smallest absolute Gasteiger partial charge is 0.191 e. The summed E-state index contributed by atoms with van der Waals surface area (Å²) in [5.41, 5.74) is 2.40. The monoisotopic (exact) mass is 523 g/mol. The van der Waals surface area contributed by atoms with Crippen molar-refractivity contribution < 1.29 is 4.74 Å². The summed E-state index contributed by atoms with van der Waals surface area (Å²) in [5.74, 6) is 1.87. The molecule has 1 fully saturated rings. The number of nitrogens with one attached hydrogen (secondary N) is 2. The third-order valence-electron chi connectivity index (χ3n) is 5.07. The molecule has 30 heavy (non-hydrogen) atoms. The van der Waals surface area contributed by atoms with Gasteiger partial charge in [0.05, 0.1) is 13.2 Å². The summed E-state index contributed by atoms with van der Waals surface area (Å²) in [6.07, 6.45) is 7.08. The van der Waals surface area contributed by atoms with Crippen molar-refractivity contribution in [2.24, 2.45) is 4.99 Å². The molecule has 0 unspecified atom stereocenters. The van der Waals surface area contributed by atoms with Crippen LogP contribution in [0.25, 0.3) is 0 Å². The van der Waals surface area contributed by atoms with Crippen molar-refractivity contribution in [3.63, 3.8) is 0 Å². The highest BCUT2D eigenvalue weighted by Crippen LogP contribution is 2.18. The van der Waals surface area contributed by atoms with E-state index in [4.69, 9.17) is 4.74 Å². The van der Waals surface area contributed by atoms with Gasteiger partial charge in [-0.25, -0.2) is 4.98 Å². The van der Waals surface area contributed by atoms with Gasteiger partial charge in [0.2, 0.25) is 0 Å². The van der Waals surface area contributed by atoms with Gasteiger partial charge in [-0.15, -0.1) is 24.0 Å². The number of guanidine groups is 1. The molecule has 164 valence electrons. The maximum absolute atomic E-state index is 5.71. The summed E-state index contributed by atoms with van der Waals surface area (Å²) in [6.45, 7) is 4.90. The van der Waals surface area contributed by atoms with Crippen LogP contribution in [0.15, 0.2) is 53.7 Å². The lowest BCUT2D eigenvalue weighted by Gasteiger charge is -2.22. The predicted molar refractivity (Wildman–Crippen MR) is 135 cm³/mol. The second kappa shape index (κ2) is 14.2. The first kappa shape index (κ1) is 24.4. The summed E-state index contributed by atoms with van der Waals surface area (Å²) in [4.78, 5) is 11.3. The Bertz CT molecular complexity index is 748. The van der Waals surface area contributed by atoms with E-state index in [1.54, 1.807) is 7.05 Å². The lowest BCUT2D eigenvalue weighted by molar-refractivity contribution is 0.125. The molecule has 1 aliphatic heterocycles. The first-order chi connectivity index (χ1) is 14.3. The van der Waals surface area contributed by atoms with Gasteiger partial charge in [0.1, 0.15) is 5.82 Å². The van der Waals surface area contributed by atoms with Crippen molar-refractivity contribution in [1.29, 1.82) is 0 Å². The minimum atomic E-state index is 0. The van der Waals surface area contributed by atoms with E-state index in [0.717, 1.165) is 24.9 Å². The highest BCUT2D eigenvalue weighted by Gasteiger charge is 2.11. The molecule has 2 aromatic rings. The number of halogens is 1. The molecule has 1 saturated heterocycles. The zero-order valence-electron chi connectivity index (χ0n) is 17.8. The average molecular weight is 523 g/mol. The van der Waals surface area contributed by atoms with Crippen molar-refractivity contribution in [2.45, 2.75) is 38.8 Å². The fraction of sp³-hybridized carbons (Fsp3) is 0.478. The summed E-state index contributed by atoms with van der Waals surface area (Å²) >= 11 is 0. The predicted octanol–water partition coefficient (Wildman–Crippen LogP) is 3.96. The fourth-order valence-corrected chi connectivity index (χ4v) is 3.46. The number of pyridine rings is 1. The first-order valence-corrected chi connectivity index (χ1v) is 10.6.